The van der Waals surface area contributed by atoms with Gasteiger partial charge in [-0.15, -0.1) is 0 Å². The topological polar surface area (TPSA) is 225 Å². The van der Waals surface area contributed by atoms with Gasteiger partial charge in [-0.05, 0) is 25.7 Å². The van der Waals surface area contributed by atoms with E-state index in [1.807, 2.05) is 4.98 Å². The molecule has 1 saturated heterocycles. The van der Waals surface area contributed by atoms with E-state index in [4.69, 9.17) is 37.8 Å². The Morgan fingerprint density at radius 2 is 1.58 bits per heavy atom. The first-order chi connectivity index (χ1) is 17.0. The minimum absolute atomic E-state index is 0.123. The lowest BCUT2D eigenvalue weighted by Gasteiger charge is -2.25. The molecule has 1 fully saturated rings. The molecule has 5 N–H and O–H groups in total. The van der Waals surface area contributed by atoms with Crippen LogP contribution in [-0.4, -0.2) is 88.0 Å². The molecular formula is C18H32N2O14P2. The number of aliphatic hydroxyl groups excluding tert-OH is 2. The van der Waals surface area contributed by atoms with Gasteiger partial charge in [-0.3, -0.25) is 32.4 Å². The standard InChI is InChI=1S/C18H32N2O14P2/c1-29-16-15(34-36(27,28)31-11-5-3-9-22)13(12-32-35(25,26)30-10-4-2-8-21)33-17(16)20-7-6-14(23)19-18(20)24/h6-7,13,15-17,21-22H,2-5,8-12H2,1H3,(H,25,26)(H,27,28)(H,19,23,24)/t13-,15?,16?,17-/m1/s1. The van der Waals surface area contributed by atoms with Gasteiger partial charge in [0, 0.05) is 32.6 Å². The number of phosphoric acid groups is 2. The summed E-state index contributed by atoms with van der Waals surface area (Å²) in [7, 11) is -8.10. The van der Waals surface area contributed by atoms with E-state index in [1.54, 1.807) is 0 Å². The van der Waals surface area contributed by atoms with E-state index in [0.29, 0.717) is 19.3 Å². The highest BCUT2D eigenvalue weighted by molar-refractivity contribution is 7.47. The van der Waals surface area contributed by atoms with Gasteiger partial charge in [-0.25, -0.2) is 13.9 Å². The first kappa shape index (κ1) is 31.0. The number of H-pyrrole nitrogens is 1. The zero-order valence-electron chi connectivity index (χ0n) is 19.5. The number of phosphoric ester groups is 2. The van der Waals surface area contributed by atoms with E-state index in [9.17, 15) is 28.5 Å². The Balaban J connectivity index is 2.22. The minimum Gasteiger partial charge on any atom is -0.396 e. The van der Waals surface area contributed by atoms with Crippen LogP contribution in [0.2, 0.25) is 0 Å². The smallest absolute Gasteiger partial charge is 0.396 e. The van der Waals surface area contributed by atoms with E-state index in [1.165, 1.54) is 7.11 Å². The second-order valence-electron chi connectivity index (χ2n) is 7.61. The molecular weight excluding hydrogens is 530 g/mol. The van der Waals surface area contributed by atoms with Crippen molar-refractivity contribution in [1.29, 1.82) is 0 Å². The van der Waals surface area contributed by atoms with Crippen LogP contribution in [0.1, 0.15) is 31.9 Å². The molecule has 1 aliphatic heterocycles. The van der Waals surface area contributed by atoms with Gasteiger partial charge in [0.25, 0.3) is 5.56 Å². The fraction of sp³-hybridized carbons (Fsp3) is 0.778. The van der Waals surface area contributed by atoms with Crippen molar-refractivity contribution in [3.63, 3.8) is 0 Å². The highest BCUT2D eigenvalue weighted by atomic mass is 31.2. The number of rotatable bonds is 17. The molecule has 0 saturated carbocycles. The highest BCUT2D eigenvalue weighted by Gasteiger charge is 2.51. The molecule has 0 aromatic carbocycles. The Bertz CT molecular complexity index is 1020. The lowest BCUT2D eigenvalue weighted by molar-refractivity contribution is -0.0626. The number of aliphatic hydroxyl groups is 2. The maximum absolute atomic E-state index is 12.5. The van der Waals surface area contributed by atoms with Crippen LogP contribution in [0.3, 0.4) is 0 Å². The Morgan fingerprint density at radius 1 is 0.972 bits per heavy atom. The molecule has 18 heteroatoms. The summed E-state index contributed by atoms with van der Waals surface area (Å²) in [6.07, 6.45) is -2.96. The molecule has 0 radical (unpaired) electrons. The molecule has 0 bridgehead atoms. The van der Waals surface area contributed by atoms with Crippen LogP contribution in [0.5, 0.6) is 0 Å². The van der Waals surface area contributed by atoms with Gasteiger partial charge in [0.1, 0.15) is 18.3 Å². The molecule has 16 nitrogen and oxygen atoms in total. The Kier molecular flexibility index (Phi) is 12.6. The monoisotopic (exact) mass is 562 g/mol. The average molecular weight is 562 g/mol. The normalized spacial score (nSPS) is 25.5. The number of aromatic amines is 1. The second-order valence-corrected chi connectivity index (χ2v) is 10.5. The third kappa shape index (κ3) is 9.56. The number of unbranched alkanes of at least 4 members (excludes halogenated alkanes) is 2. The maximum Gasteiger partial charge on any atom is 0.472 e. The number of methoxy groups -OCH3 is 1. The molecule has 6 atom stereocenters. The first-order valence-electron chi connectivity index (χ1n) is 11.0. The van der Waals surface area contributed by atoms with Gasteiger partial charge in [0.15, 0.2) is 6.23 Å². The van der Waals surface area contributed by atoms with Crippen molar-refractivity contribution < 1.29 is 56.7 Å². The lowest BCUT2D eigenvalue weighted by atomic mass is 10.1. The molecule has 0 aliphatic carbocycles. The largest absolute Gasteiger partial charge is 0.472 e. The molecule has 2 rings (SSSR count). The van der Waals surface area contributed by atoms with Gasteiger partial charge in [0.2, 0.25) is 0 Å². The number of ether oxygens (including phenoxy) is 2. The molecule has 1 aromatic rings. The maximum atomic E-state index is 12.5. The van der Waals surface area contributed by atoms with Crippen molar-refractivity contribution in [2.75, 3.05) is 40.1 Å². The predicted octanol–water partition coefficient (Wildman–Crippen LogP) is -0.370. The third-order valence-corrected chi connectivity index (χ3v) is 6.96. The quantitative estimate of drug-likeness (QED) is 0.121. The van der Waals surface area contributed by atoms with E-state index in [2.05, 4.69) is 0 Å². The molecule has 4 unspecified atom stereocenters. The van der Waals surface area contributed by atoms with Crippen LogP contribution in [-0.2, 0) is 36.7 Å². The fourth-order valence-electron chi connectivity index (χ4n) is 3.25. The minimum atomic E-state index is -4.73. The zero-order valence-corrected chi connectivity index (χ0v) is 21.3. The van der Waals surface area contributed by atoms with Gasteiger partial charge < -0.3 is 29.5 Å². The van der Waals surface area contributed by atoms with E-state index in [-0.39, 0.29) is 32.8 Å². The van der Waals surface area contributed by atoms with E-state index in [0.717, 1.165) is 16.8 Å². The van der Waals surface area contributed by atoms with Crippen molar-refractivity contribution in [3.05, 3.63) is 33.1 Å². The SMILES string of the molecule is COC1C(OP(=O)(O)OCCCCO)[C@@H](COP(=O)(O)OCCCCO)O[C@H]1n1ccc(=O)[nH]c1=O. The molecule has 2 heterocycles. The number of aromatic nitrogens is 2. The number of nitrogens with zero attached hydrogens (tertiary/aromatic N) is 1. The summed E-state index contributed by atoms with van der Waals surface area (Å²) < 4.78 is 56.7. The molecule has 0 amide bonds. The van der Waals surface area contributed by atoms with Crippen LogP contribution in [0, 0.1) is 0 Å². The summed E-state index contributed by atoms with van der Waals surface area (Å²) in [5.74, 6) is 0. The number of hydrogen-bond donors (Lipinski definition) is 5. The van der Waals surface area contributed by atoms with Gasteiger partial charge in [-0.2, -0.15) is 0 Å². The molecule has 1 aromatic heterocycles. The summed E-state index contributed by atoms with van der Waals surface area (Å²) in [6, 6.07) is 1.04. The van der Waals surface area contributed by atoms with Crippen molar-refractivity contribution in [2.45, 2.75) is 50.2 Å². The first-order valence-corrected chi connectivity index (χ1v) is 14.0. The van der Waals surface area contributed by atoms with Crippen molar-refractivity contribution in [2.24, 2.45) is 0 Å². The summed E-state index contributed by atoms with van der Waals surface area (Å²) in [6.45, 7) is -1.33. The van der Waals surface area contributed by atoms with Crippen molar-refractivity contribution >= 4 is 15.6 Å². The van der Waals surface area contributed by atoms with Crippen molar-refractivity contribution in [1.82, 2.24) is 9.55 Å². The average Bonchev–Trinajstić information content (AvgIpc) is 3.14. The summed E-state index contributed by atoms with van der Waals surface area (Å²) >= 11 is 0. The molecule has 1 aliphatic rings. The zero-order chi connectivity index (χ0) is 26.8. The molecule has 208 valence electrons. The van der Waals surface area contributed by atoms with Crippen LogP contribution in [0.4, 0.5) is 0 Å². The van der Waals surface area contributed by atoms with E-state index < -0.39 is 58.0 Å². The lowest BCUT2D eigenvalue weighted by Crippen LogP contribution is -2.40. The molecule has 0 spiro atoms. The summed E-state index contributed by atoms with van der Waals surface area (Å²) in [5.41, 5.74) is -1.55. The van der Waals surface area contributed by atoms with Gasteiger partial charge >= 0.3 is 21.3 Å². The third-order valence-electron chi connectivity index (χ3n) is 4.95. The highest BCUT2D eigenvalue weighted by Crippen LogP contribution is 2.50. The number of hydrogen-bond acceptors (Lipinski definition) is 12. The van der Waals surface area contributed by atoms with Crippen LogP contribution in [0.15, 0.2) is 21.9 Å². The Hall–Kier alpha value is -1.26. The van der Waals surface area contributed by atoms with Gasteiger partial charge in [-0.1, -0.05) is 0 Å². The molecule has 36 heavy (non-hydrogen) atoms. The number of nitrogens with one attached hydrogen (secondary N) is 1. The second kappa shape index (κ2) is 14.6. The van der Waals surface area contributed by atoms with Crippen LogP contribution < -0.4 is 11.2 Å². The fourth-order valence-corrected chi connectivity index (χ4v) is 5.00. The van der Waals surface area contributed by atoms with Crippen LogP contribution in [0.25, 0.3) is 0 Å². The Morgan fingerprint density at radius 3 is 2.14 bits per heavy atom. The van der Waals surface area contributed by atoms with Crippen LogP contribution >= 0.6 is 15.6 Å². The summed E-state index contributed by atoms with van der Waals surface area (Å²) in [5, 5.41) is 17.6. The summed E-state index contributed by atoms with van der Waals surface area (Å²) in [4.78, 5) is 45.9. The van der Waals surface area contributed by atoms with E-state index >= 15 is 0 Å². The van der Waals surface area contributed by atoms with Crippen molar-refractivity contribution in [3.8, 4) is 0 Å². The predicted molar refractivity (Wildman–Crippen MR) is 121 cm³/mol. The Labute approximate surface area is 205 Å². The van der Waals surface area contributed by atoms with Gasteiger partial charge in [0.05, 0.1) is 19.8 Å².